The van der Waals surface area contributed by atoms with Gasteiger partial charge in [-0.05, 0) is 61.2 Å². The number of amides is 2. The lowest BCUT2D eigenvalue weighted by Crippen LogP contribution is -2.46. The SMILES string of the molecule is O=C(NCC(c1ccsc1)N1CCCCCC1)NC1CCCCC1. The minimum atomic E-state index is 0.0111. The first-order chi connectivity index (χ1) is 11.8. The van der Waals surface area contributed by atoms with Crippen molar-refractivity contribution < 1.29 is 4.79 Å². The van der Waals surface area contributed by atoms with Crippen LogP contribution >= 0.6 is 11.3 Å². The van der Waals surface area contributed by atoms with E-state index in [4.69, 9.17) is 0 Å². The van der Waals surface area contributed by atoms with Crippen molar-refractivity contribution in [2.24, 2.45) is 0 Å². The van der Waals surface area contributed by atoms with E-state index >= 15 is 0 Å². The van der Waals surface area contributed by atoms with E-state index in [0.29, 0.717) is 18.6 Å². The maximum Gasteiger partial charge on any atom is 0.315 e. The monoisotopic (exact) mass is 349 g/mol. The number of nitrogens with one attached hydrogen (secondary N) is 2. The Morgan fingerprint density at radius 1 is 1.12 bits per heavy atom. The maximum absolute atomic E-state index is 12.3. The third-order valence-corrected chi connectivity index (χ3v) is 6.11. The lowest BCUT2D eigenvalue weighted by atomic mass is 9.96. The van der Waals surface area contributed by atoms with E-state index < -0.39 is 0 Å². The zero-order valence-corrected chi connectivity index (χ0v) is 15.5. The van der Waals surface area contributed by atoms with E-state index in [1.807, 2.05) is 0 Å². The van der Waals surface area contributed by atoms with Crippen molar-refractivity contribution in [3.63, 3.8) is 0 Å². The lowest BCUT2D eigenvalue weighted by Gasteiger charge is -2.31. The molecule has 2 N–H and O–H groups in total. The van der Waals surface area contributed by atoms with E-state index in [-0.39, 0.29) is 6.03 Å². The molecule has 4 nitrogen and oxygen atoms in total. The minimum Gasteiger partial charge on any atom is -0.336 e. The van der Waals surface area contributed by atoms with Crippen LogP contribution in [0.25, 0.3) is 0 Å². The fourth-order valence-electron chi connectivity index (χ4n) is 4.00. The Morgan fingerprint density at radius 2 is 1.83 bits per heavy atom. The van der Waals surface area contributed by atoms with E-state index in [1.165, 1.54) is 50.5 Å². The number of likely N-dealkylation sites (tertiary alicyclic amines) is 1. The highest BCUT2D eigenvalue weighted by molar-refractivity contribution is 7.07. The van der Waals surface area contributed by atoms with Crippen LogP contribution in [0.3, 0.4) is 0 Å². The molecule has 1 atom stereocenters. The Labute approximate surface area is 150 Å². The lowest BCUT2D eigenvalue weighted by molar-refractivity contribution is 0.194. The quantitative estimate of drug-likeness (QED) is 0.832. The largest absolute Gasteiger partial charge is 0.336 e. The van der Waals surface area contributed by atoms with Crippen molar-refractivity contribution in [2.75, 3.05) is 19.6 Å². The molecular formula is C19H31N3OS. The Morgan fingerprint density at radius 3 is 2.50 bits per heavy atom. The molecule has 1 aliphatic heterocycles. The second kappa shape index (κ2) is 9.42. The highest BCUT2D eigenvalue weighted by Gasteiger charge is 2.23. The highest BCUT2D eigenvalue weighted by Crippen LogP contribution is 2.25. The first-order valence-corrected chi connectivity index (χ1v) is 10.6. The van der Waals surface area contributed by atoms with E-state index in [0.717, 1.165) is 25.9 Å². The Hall–Kier alpha value is -1.07. The van der Waals surface area contributed by atoms with Crippen molar-refractivity contribution in [3.8, 4) is 0 Å². The Kier molecular flexibility index (Phi) is 6.97. The number of nitrogens with zero attached hydrogens (tertiary/aromatic N) is 1. The summed E-state index contributed by atoms with van der Waals surface area (Å²) in [5.41, 5.74) is 1.35. The van der Waals surface area contributed by atoms with Gasteiger partial charge < -0.3 is 10.6 Å². The number of carbonyl (C=O) groups is 1. The molecule has 5 heteroatoms. The number of hydrogen-bond donors (Lipinski definition) is 2. The predicted molar refractivity (Wildman–Crippen MR) is 101 cm³/mol. The summed E-state index contributed by atoms with van der Waals surface area (Å²) >= 11 is 1.74. The van der Waals surface area contributed by atoms with Crippen LogP contribution in [-0.2, 0) is 0 Å². The first kappa shape index (κ1) is 17.7. The molecule has 1 aliphatic carbocycles. The summed E-state index contributed by atoms with van der Waals surface area (Å²) in [5, 5.41) is 10.7. The Bertz CT molecular complexity index is 477. The molecule has 1 unspecified atom stereocenters. The molecule has 2 amide bonds. The van der Waals surface area contributed by atoms with Gasteiger partial charge in [-0.1, -0.05) is 32.1 Å². The molecule has 1 saturated carbocycles. The summed E-state index contributed by atoms with van der Waals surface area (Å²) < 4.78 is 0. The maximum atomic E-state index is 12.3. The molecule has 134 valence electrons. The smallest absolute Gasteiger partial charge is 0.315 e. The summed E-state index contributed by atoms with van der Waals surface area (Å²) in [6.45, 7) is 2.99. The second-order valence-electron chi connectivity index (χ2n) is 7.21. The van der Waals surface area contributed by atoms with Crippen molar-refractivity contribution in [1.29, 1.82) is 0 Å². The molecule has 1 aromatic rings. The van der Waals surface area contributed by atoms with Gasteiger partial charge in [-0.2, -0.15) is 11.3 Å². The van der Waals surface area contributed by atoms with Gasteiger partial charge >= 0.3 is 6.03 Å². The third-order valence-electron chi connectivity index (χ3n) is 5.41. The van der Waals surface area contributed by atoms with Crippen LogP contribution in [0.1, 0.15) is 69.4 Å². The van der Waals surface area contributed by atoms with Crippen molar-refractivity contribution in [3.05, 3.63) is 22.4 Å². The van der Waals surface area contributed by atoms with Crippen LogP contribution in [0.2, 0.25) is 0 Å². The highest BCUT2D eigenvalue weighted by atomic mass is 32.1. The summed E-state index contributed by atoms with van der Waals surface area (Å²) in [6.07, 6.45) is 11.3. The number of hydrogen-bond acceptors (Lipinski definition) is 3. The van der Waals surface area contributed by atoms with Gasteiger partial charge in [0.05, 0.1) is 6.04 Å². The van der Waals surface area contributed by atoms with Crippen molar-refractivity contribution >= 4 is 17.4 Å². The number of urea groups is 1. The van der Waals surface area contributed by atoms with Crippen molar-refractivity contribution in [1.82, 2.24) is 15.5 Å². The standard InChI is InChI=1S/C19H31N3OS/c23-19(21-17-8-4-3-5-9-17)20-14-18(16-10-13-24-15-16)22-11-6-1-2-7-12-22/h10,13,15,17-18H,1-9,11-12,14H2,(H2,20,21,23). The fourth-order valence-corrected chi connectivity index (χ4v) is 4.71. The summed E-state index contributed by atoms with van der Waals surface area (Å²) in [4.78, 5) is 14.9. The average molecular weight is 350 g/mol. The summed E-state index contributed by atoms with van der Waals surface area (Å²) in [6, 6.07) is 2.90. The molecule has 0 aromatic carbocycles. The van der Waals surface area contributed by atoms with Gasteiger partial charge in [-0.15, -0.1) is 0 Å². The predicted octanol–water partition coefficient (Wildman–Crippen LogP) is 4.30. The topological polar surface area (TPSA) is 44.4 Å². The number of rotatable bonds is 5. The van der Waals surface area contributed by atoms with Gasteiger partial charge in [-0.25, -0.2) is 4.79 Å². The van der Waals surface area contributed by atoms with Crippen molar-refractivity contribution in [2.45, 2.75) is 69.9 Å². The van der Waals surface area contributed by atoms with Crippen LogP contribution in [0.5, 0.6) is 0 Å². The molecule has 0 spiro atoms. The van der Waals surface area contributed by atoms with Gasteiger partial charge in [0.2, 0.25) is 0 Å². The number of carbonyl (C=O) groups excluding carboxylic acids is 1. The normalized spacial score (nSPS) is 21.8. The van der Waals surface area contributed by atoms with E-state index in [9.17, 15) is 4.79 Å². The van der Waals surface area contributed by atoms with E-state index in [2.05, 4.69) is 32.4 Å². The molecule has 1 aromatic heterocycles. The molecule has 2 fully saturated rings. The summed E-state index contributed by atoms with van der Waals surface area (Å²) in [7, 11) is 0. The van der Waals surface area contributed by atoms with E-state index in [1.54, 1.807) is 11.3 Å². The van der Waals surface area contributed by atoms with Gasteiger partial charge in [0.25, 0.3) is 0 Å². The zero-order chi connectivity index (χ0) is 16.6. The molecule has 3 rings (SSSR count). The van der Waals surface area contributed by atoms with Crippen LogP contribution in [0.15, 0.2) is 16.8 Å². The molecule has 0 radical (unpaired) electrons. The van der Waals surface area contributed by atoms with Crippen LogP contribution in [0.4, 0.5) is 4.79 Å². The second-order valence-corrected chi connectivity index (χ2v) is 7.99. The molecular weight excluding hydrogens is 318 g/mol. The molecule has 1 saturated heterocycles. The van der Waals surface area contributed by atoms with Gasteiger partial charge in [0, 0.05) is 12.6 Å². The third kappa shape index (κ3) is 5.21. The fraction of sp³-hybridized carbons (Fsp3) is 0.737. The minimum absolute atomic E-state index is 0.0111. The van der Waals surface area contributed by atoms with Gasteiger partial charge in [-0.3, -0.25) is 4.90 Å². The zero-order valence-electron chi connectivity index (χ0n) is 14.6. The van der Waals surface area contributed by atoms with Crippen LogP contribution in [0, 0.1) is 0 Å². The average Bonchev–Trinajstić information content (AvgIpc) is 2.99. The Balaban J connectivity index is 1.54. The van der Waals surface area contributed by atoms with Crippen LogP contribution < -0.4 is 10.6 Å². The summed E-state index contributed by atoms with van der Waals surface area (Å²) in [5.74, 6) is 0. The van der Waals surface area contributed by atoms with Gasteiger partial charge in [0.1, 0.15) is 0 Å². The number of thiophene rings is 1. The van der Waals surface area contributed by atoms with Gasteiger partial charge in [0.15, 0.2) is 0 Å². The molecule has 2 heterocycles. The van der Waals surface area contributed by atoms with Crippen LogP contribution in [-0.4, -0.2) is 36.6 Å². The first-order valence-electron chi connectivity index (χ1n) is 9.63. The molecule has 24 heavy (non-hydrogen) atoms. The molecule has 2 aliphatic rings. The molecule has 0 bridgehead atoms.